The summed E-state index contributed by atoms with van der Waals surface area (Å²) >= 11 is 3.43. The Hall–Kier alpha value is -0.910. The highest BCUT2D eigenvalue weighted by molar-refractivity contribution is 9.10. The average molecular weight is 313 g/mol. The van der Waals surface area contributed by atoms with Gasteiger partial charge in [-0.2, -0.15) is 0 Å². The monoisotopic (exact) mass is 312 g/mol. The van der Waals surface area contributed by atoms with Gasteiger partial charge in [-0.3, -0.25) is 4.79 Å². The van der Waals surface area contributed by atoms with Gasteiger partial charge in [-0.1, -0.05) is 28.1 Å². The smallest absolute Gasteiger partial charge is 0.253 e. The molecule has 1 aliphatic heterocycles. The number of hydrogen-bond acceptors (Lipinski definition) is 3. The van der Waals surface area contributed by atoms with Crippen LogP contribution >= 0.6 is 15.9 Å². The van der Waals surface area contributed by atoms with Crippen molar-refractivity contribution in [1.29, 1.82) is 0 Å². The van der Waals surface area contributed by atoms with Gasteiger partial charge in [0.15, 0.2) is 0 Å². The maximum absolute atomic E-state index is 12.1. The largest absolute Gasteiger partial charge is 0.366 e. The summed E-state index contributed by atoms with van der Waals surface area (Å²) < 4.78 is 6.48. The lowest BCUT2D eigenvalue weighted by Crippen LogP contribution is -2.48. The highest BCUT2D eigenvalue weighted by Crippen LogP contribution is 2.13. The van der Waals surface area contributed by atoms with Crippen molar-refractivity contribution in [2.45, 2.75) is 12.6 Å². The third-order valence-electron chi connectivity index (χ3n) is 2.89. The lowest BCUT2D eigenvalue weighted by molar-refractivity contribution is -0.144. The fourth-order valence-corrected chi connectivity index (χ4v) is 2.40. The van der Waals surface area contributed by atoms with Crippen LogP contribution in [0.3, 0.4) is 0 Å². The minimum Gasteiger partial charge on any atom is -0.366 e. The Morgan fingerprint density at radius 3 is 3.11 bits per heavy atom. The normalized spacial score (nSPS) is 19.6. The van der Waals surface area contributed by atoms with E-state index in [1.165, 1.54) is 0 Å². The summed E-state index contributed by atoms with van der Waals surface area (Å²) in [6.07, 6.45) is -0.351. The predicted octanol–water partition coefficient (Wildman–Crippen LogP) is 1.40. The van der Waals surface area contributed by atoms with Crippen molar-refractivity contribution in [2.75, 3.05) is 26.7 Å². The number of carbonyl (C=O) groups excluding carboxylic acids is 1. The second-order valence-electron chi connectivity index (χ2n) is 4.39. The lowest BCUT2D eigenvalue weighted by atomic mass is 10.2. The van der Waals surface area contributed by atoms with E-state index in [0.717, 1.165) is 16.6 Å². The van der Waals surface area contributed by atoms with E-state index < -0.39 is 0 Å². The SMILES string of the molecule is CN(Cc1cccc(Br)c1)C(=O)C1CNCCO1. The third-order valence-corrected chi connectivity index (χ3v) is 3.38. The van der Waals surface area contributed by atoms with Crippen LogP contribution in [-0.4, -0.2) is 43.7 Å². The first-order valence-electron chi connectivity index (χ1n) is 5.98. The number of halogens is 1. The molecule has 1 aromatic rings. The van der Waals surface area contributed by atoms with Crippen molar-refractivity contribution in [3.63, 3.8) is 0 Å². The standard InChI is InChI=1S/C13H17BrN2O2/c1-16(9-10-3-2-4-11(14)7-10)13(17)12-8-15-5-6-18-12/h2-4,7,12,15H,5-6,8-9H2,1H3. The number of benzene rings is 1. The van der Waals surface area contributed by atoms with Crippen LogP contribution < -0.4 is 5.32 Å². The number of nitrogens with one attached hydrogen (secondary N) is 1. The molecule has 1 aliphatic rings. The first-order valence-corrected chi connectivity index (χ1v) is 6.78. The minimum absolute atomic E-state index is 0.0298. The zero-order valence-electron chi connectivity index (χ0n) is 10.4. The first-order chi connectivity index (χ1) is 8.66. The molecule has 1 aromatic carbocycles. The average Bonchev–Trinajstić information content (AvgIpc) is 2.39. The molecule has 1 unspecified atom stereocenters. The summed E-state index contributed by atoms with van der Waals surface area (Å²) in [5, 5.41) is 3.16. The minimum atomic E-state index is -0.351. The zero-order valence-corrected chi connectivity index (χ0v) is 11.9. The second kappa shape index (κ2) is 6.31. The Kier molecular flexibility index (Phi) is 4.74. The van der Waals surface area contributed by atoms with Crippen molar-refractivity contribution in [3.8, 4) is 0 Å². The van der Waals surface area contributed by atoms with Crippen LogP contribution in [-0.2, 0) is 16.1 Å². The molecule has 0 bridgehead atoms. The maximum atomic E-state index is 12.1. The molecule has 0 saturated carbocycles. The van der Waals surface area contributed by atoms with Gasteiger partial charge in [0, 0.05) is 31.2 Å². The second-order valence-corrected chi connectivity index (χ2v) is 5.30. The molecule has 0 radical (unpaired) electrons. The van der Waals surface area contributed by atoms with E-state index in [1.54, 1.807) is 11.9 Å². The fraction of sp³-hybridized carbons (Fsp3) is 0.462. The maximum Gasteiger partial charge on any atom is 0.253 e. The van der Waals surface area contributed by atoms with Gasteiger partial charge in [-0.15, -0.1) is 0 Å². The highest BCUT2D eigenvalue weighted by atomic mass is 79.9. The number of carbonyl (C=O) groups is 1. The number of ether oxygens (including phenoxy) is 1. The van der Waals surface area contributed by atoms with Gasteiger partial charge in [0.1, 0.15) is 6.10 Å². The molecule has 1 heterocycles. The highest BCUT2D eigenvalue weighted by Gasteiger charge is 2.24. The Balaban J connectivity index is 1.94. The quantitative estimate of drug-likeness (QED) is 0.917. The zero-order chi connectivity index (χ0) is 13.0. The fourth-order valence-electron chi connectivity index (χ4n) is 1.96. The predicted molar refractivity (Wildman–Crippen MR) is 73.2 cm³/mol. The van der Waals surface area contributed by atoms with Crippen LogP contribution in [0.2, 0.25) is 0 Å². The molecular formula is C13H17BrN2O2. The summed E-state index contributed by atoms with van der Waals surface area (Å²) in [7, 11) is 1.81. The van der Waals surface area contributed by atoms with Crippen molar-refractivity contribution in [3.05, 3.63) is 34.3 Å². The van der Waals surface area contributed by atoms with Gasteiger partial charge in [0.25, 0.3) is 5.91 Å². The Morgan fingerprint density at radius 2 is 2.44 bits per heavy atom. The van der Waals surface area contributed by atoms with E-state index in [-0.39, 0.29) is 12.0 Å². The van der Waals surface area contributed by atoms with Crippen LogP contribution in [0.4, 0.5) is 0 Å². The summed E-state index contributed by atoms with van der Waals surface area (Å²) in [4.78, 5) is 13.8. The summed E-state index contributed by atoms with van der Waals surface area (Å²) in [6.45, 7) is 2.61. The molecule has 0 aliphatic carbocycles. The van der Waals surface area contributed by atoms with Gasteiger partial charge in [0.2, 0.25) is 0 Å². The Labute approximate surface area is 115 Å². The third kappa shape index (κ3) is 3.54. The summed E-state index contributed by atoms with van der Waals surface area (Å²) in [6, 6.07) is 7.97. The van der Waals surface area contributed by atoms with Crippen molar-refractivity contribution in [2.24, 2.45) is 0 Å². The van der Waals surface area contributed by atoms with Gasteiger partial charge < -0.3 is 15.0 Å². The van der Waals surface area contributed by atoms with E-state index in [4.69, 9.17) is 4.74 Å². The van der Waals surface area contributed by atoms with Crippen molar-refractivity contribution >= 4 is 21.8 Å². The van der Waals surface area contributed by atoms with E-state index in [1.807, 2.05) is 24.3 Å². The number of hydrogen-bond donors (Lipinski definition) is 1. The number of rotatable bonds is 3. The Bertz CT molecular complexity index is 419. The van der Waals surface area contributed by atoms with Gasteiger partial charge in [-0.05, 0) is 17.7 Å². The number of likely N-dealkylation sites (N-methyl/N-ethyl adjacent to an activating group) is 1. The summed E-state index contributed by atoms with van der Waals surface area (Å²) in [5.41, 5.74) is 1.10. The molecule has 1 N–H and O–H groups in total. The molecule has 0 spiro atoms. The molecule has 1 saturated heterocycles. The van der Waals surface area contributed by atoms with E-state index in [9.17, 15) is 4.79 Å². The molecule has 1 amide bonds. The molecule has 1 atom stereocenters. The van der Waals surface area contributed by atoms with Gasteiger partial charge in [-0.25, -0.2) is 0 Å². The van der Waals surface area contributed by atoms with Gasteiger partial charge in [0.05, 0.1) is 6.61 Å². The van der Waals surface area contributed by atoms with Crippen LogP contribution in [0.15, 0.2) is 28.7 Å². The molecule has 1 fully saturated rings. The van der Waals surface area contributed by atoms with Crippen LogP contribution in [0, 0.1) is 0 Å². The van der Waals surface area contributed by atoms with Crippen molar-refractivity contribution < 1.29 is 9.53 Å². The molecule has 98 valence electrons. The molecule has 0 aromatic heterocycles. The number of morpholine rings is 1. The molecule has 18 heavy (non-hydrogen) atoms. The van der Waals surface area contributed by atoms with Crippen LogP contribution in [0.5, 0.6) is 0 Å². The van der Waals surface area contributed by atoms with Crippen LogP contribution in [0.25, 0.3) is 0 Å². The van der Waals surface area contributed by atoms with Crippen molar-refractivity contribution in [1.82, 2.24) is 10.2 Å². The molecule has 5 heteroatoms. The van der Waals surface area contributed by atoms with Crippen LogP contribution in [0.1, 0.15) is 5.56 Å². The van der Waals surface area contributed by atoms with E-state index >= 15 is 0 Å². The topological polar surface area (TPSA) is 41.6 Å². The lowest BCUT2D eigenvalue weighted by Gasteiger charge is -2.27. The van der Waals surface area contributed by atoms with Gasteiger partial charge >= 0.3 is 0 Å². The van der Waals surface area contributed by atoms with E-state index in [0.29, 0.717) is 19.7 Å². The van der Waals surface area contributed by atoms with E-state index in [2.05, 4.69) is 21.2 Å². The number of nitrogens with zero attached hydrogens (tertiary/aromatic N) is 1. The Morgan fingerprint density at radius 1 is 1.61 bits per heavy atom. The molecule has 4 nitrogen and oxygen atoms in total. The molecule has 2 rings (SSSR count). The first kappa shape index (κ1) is 13.5. The number of amides is 1. The molecular weight excluding hydrogens is 296 g/mol. The summed E-state index contributed by atoms with van der Waals surface area (Å²) in [5.74, 6) is 0.0298.